The summed E-state index contributed by atoms with van der Waals surface area (Å²) in [5.41, 5.74) is 6.53. The van der Waals surface area contributed by atoms with Crippen LogP contribution in [0.1, 0.15) is 36.5 Å². The summed E-state index contributed by atoms with van der Waals surface area (Å²) >= 11 is 0. The van der Waals surface area contributed by atoms with Crippen molar-refractivity contribution in [3.05, 3.63) is 41.7 Å². The quantitative estimate of drug-likeness (QED) is 0.759. The Morgan fingerprint density at radius 3 is 2.50 bits per heavy atom. The standard InChI is InChI=1S/C9H14N4O2.C8H10O/c1-3-4-6-7(11-5-14)8(9(10)15)13(2)12-6;1-2-9-8-6-4-3-5-7-8/h5H,3-4H2,1-2H3,(H2,10,15)(H,11,14);3-7H,2H2,1H3. The summed E-state index contributed by atoms with van der Waals surface area (Å²) in [5.74, 6) is 0.344. The predicted octanol–water partition coefficient (Wildman–Crippen LogP) is 2.13. The summed E-state index contributed by atoms with van der Waals surface area (Å²) < 4.78 is 6.59. The number of nitrogens with one attached hydrogen (secondary N) is 1. The van der Waals surface area contributed by atoms with E-state index >= 15 is 0 Å². The van der Waals surface area contributed by atoms with Crippen LogP contribution >= 0.6 is 0 Å². The minimum Gasteiger partial charge on any atom is -0.494 e. The number of nitrogens with two attached hydrogens (primary N) is 1. The van der Waals surface area contributed by atoms with Gasteiger partial charge in [-0.25, -0.2) is 0 Å². The molecule has 0 spiro atoms. The molecule has 0 aliphatic heterocycles. The van der Waals surface area contributed by atoms with Crippen LogP contribution in [0.25, 0.3) is 0 Å². The first-order chi connectivity index (χ1) is 11.5. The Kier molecular flexibility index (Phi) is 8.04. The molecule has 0 aliphatic rings. The van der Waals surface area contributed by atoms with Crippen molar-refractivity contribution in [3.8, 4) is 5.75 Å². The van der Waals surface area contributed by atoms with Gasteiger partial charge in [0, 0.05) is 7.05 Å². The number of aryl methyl sites for hydroxylation is 2. The molecule has 0 radical (unpaired) electrons. The number of anilines is 1. The second-order valence-corrected chi connectivity index (χ2v) is 4.92. The Balaban J connectivity index is 0.000000272. The van der Waals surface area contributed by atoms with Crippen LogP contribution in [0.3, 0.4) is 0 Å². The van der Waals surface area contributed by atoms with Crippen molar-refractivity contribution in [2.24, 2.45) is 12.8 Å². The summed E-state index contributed by atoms with van der Waals surface area (Å²) in [6, 6.07) is 9.80. The summed E-state index contributed by atoms with van der Waals surface area (Å²) in [4.78, 5) is 21.6. The number of para-hydroxylation sites is 1. The molecule has 24 heavy (non-hydrogen) atoms. The third kappa shape index (κ3) is 5.42. The number of nitrogens with zero attached hydrogens (tertiary/aromatic N) is 2. The predicted molar refractivity (Wildman–Crippen MR) is 93.0 cm³/mol. The van der Waals surface area contributed by atoms with Crippen molar-refractivity contribution in [3.63, 3.8) is 0 Å². The molecule has 1 heterocycles. The van der Waals surface area contributed by atoms with Crippen molar-refractivity contribution >= 4 is 18.0 Å². The van der Waals surface area contributed by atoms with E-state index in [1.54, 1.807) is 7.05 Å². The van der Waals surface area contributed by atoms with Gasteiger partial charge in [-0.3, -0.25) is 14.3 Å². The fourth-order valence-electron chi connectivity index (χ4n) is 2.17. The molecule has 130 valence electrons. The lowest BCUT2D eigenvalue weighted by Gasteiger charge is -2.01. The molecule has 1 aromatic carbocycles. The van der Waals surface area contributed by atoms with Crippen LogP contribution in [-0.4, -0.2) is 28.7 Å². The highest BCUT2D eigenvalue weighted by Crippen LogP contribution is 2.20. The van der Waals surface area contributed by atoms with Gasteiger partial charge in [0.1, 0.15) is 11.4 Å². The number of carbonyl (C=O) groups excluding carboxylic acids is 2. The fourth-order valence-corrected chi connectivity index (χ4v) is 2.17. The monoisotopic (exact) mass is 332 g/mol. The van der Waals surface area contributed by atoms with Gasteiger partial charge in [0.15, 0.2) is 0 Å². The fraction of sp³-hybridized carbons (Fsp3) is 0.353. The van der Waals surface area contributed by atoms with Crippen molar-refractivity contribution < 1.29 is 14.3 Å². The van der Waals surface area contributed by atoms with E-state index in [1.165, 1.54) is 4.68 Å². The van der Waals surface area contributed by atoms with E-state index < -0.39 is 5.91 Å². The maximum absolute atomic E-state index is 11.1. The second kappa shape index (κ2) is 10.0. The number of hydrogen-bond donors (Lipinski definition) is 2. The van der Waals surface area contributed by atoms with Gasteiger partial charge in [0.05, 0.1) is 18.0 Å². The number of ether oxygens (including phenoxy) is 1. The average molecular weight is 332 g/mol. The van der Waals surface area contributed by atoms with Crippen LogP contribution in [0.15, 0.2) is 30.3 Å². The molecule has 0 unspecified atom stereocenters. The summed E-state index contributed by atoms with van der Waals surface area (Å²) in [6.07, 6.45) is 2.09. The third-order valence-electron chi connectivity index (χ3n) is 3.10. The van der Waals surface area contributed by atoms with Gasteiger partial charge in [-0.15, -0.1) is 0 Å². The molecule has 2 rings (SSSR count). The first-order valence-electron chi connectivity index (χ1n) is 7.78. The van der Waals surface area contributed by atoms with E-state index in [0.29, 0.717) is 24.2 Å². The molecule has 2 aromatic rings. The lowest BCUT2D eigenvalue weighted by molar-refractivity contribution is -0.105. The average Bonchev–Trinajstić information content (AvgIpc) is 2.86. The van der Waals surface area contributed by atoms with Gasteiger partial charge in [0.25, 0.3) is 5.91 Å². The zero-order chi connectivity index (χ0) is 17.9. The summed E-state index contributed by atoms with van der Waals surface area (Å²) in [6.45, 7) is 4.71. The SMILES string of the molecule is CCCc1nn(C)c(C(N)=O)c1NC=O.CCOc1ccccc1. The van der Waals surface area contributed by atoms with Gasteiger partial charge < -0.3 is 15.8 Å². The highest BCUT2D eigenvalue weighted by molar-refractivity contribution is 5.99. The topological polar surface area (TPSA) is 99.2 Å². The number of carbonyl (C=O) groups is 2. The molecule has 0 saturated carbocycles. The van der Waals surface area contributed by atoms with Crippen LogP contribution < -0.4 is 15.8 Å². The smallest absolute Gasteiger partial charge is 0.269 e. The largest absolute Gasteiger partial charge is 0.494 e. The van der Waals surface area contributed by atoms with Crippen LogP contribution in [0, 0.1) is 0 Å². The van der Waals surface area contributed by atoms with Crippen LogP contribution in [0.2, 0.25) is 0 Å². The number of primary amides is 1. The number of rotatable bonds is 7. The number of hydrogen-bond acceptors (Lipinski definition) is 4. The molecule has 0 aliphatic carbocycles. The van der Waals surface area contributed by atoms with Crippen LogP contribution in [0.5, 0.6) is 5.75 Å². The molecular weight excluding hydrogens is 308 g/mol. The first kappa shape index (κ1) is 19.2. The zero-order valence-corrected chi connectivity index (χ0v) is 14.3. The number of amides is 2. The Morgan fingerprint density at radius 1 is 1.33 bits per heavy atom. The molecule has 2 amide bonds. The minimum absolute atomic E-state index is 0.227. The van der Waals surface area contributed by atoms with E-state index in [0.717, 1.165) is 18.8 Å². The van der Waals surface area contributed by atoms with Crippen molar-refractivity contribution in [1.29, 1.82) is 0 Å². The van der Waals surface area contributed by atoms with Gasteiger partial charge >= 0.3 is 0 Å². The molecule has 0 atom stereocenters. The normalized spacial score (nSPS) is 9.62. The van der Waals surface area contributed by atoms with E-state index in [1.807, 2.05) is 44.2 Å². The van der Waals surface area contributed by atoms with Crippen molar-refractivity contribution in [2.75, 3.05) is 11.9 Å². The summed E-state index contributed by atoms with van der Waals surface area (Å²) in [5, 5.41) is 6.60. The highest BCUT2D eigenvalue weighted by atomic mass is 16.5. The Morgan fingerprint density at radius 2 is 2.00 bits per heavy atom. The van der Waals surface area contributed by atoms with Gasteiger partial charge in [-0.2, -0.15) is 5.10 Å². The maximum atomic E-state index is 11.1. The van der Waals surface area contributed by atoms with E-state index in [9.17, 15) is 9.59 Å². The first-order valence-corrected chi connectivity index (χ1v) is 7.78. The van der Waals surface area contributed by atoms with Gasteiger partial charge in [-0.1, -0.05) is 31.5 Å². The van der Waals surface area contributed by atoms with Gasteiger partial charge in [-0.05, 0) is 25.5 Å². The summed E-state index contributed by atoms with van der Waals surface area (Å²) in [7, 11) is 1.62. The Hall–Kier alpha value is -2.83. The third-order valence-corrected chi connectivity index (χ3v) is 3.10. The Bertz CT molecular complexity index is 653. The second-order valence-electron chi connectivity index (χ2n) is 4.92. The molecule has 0 fully saturated rings. The molecule has 7 heteroatoms. The van der Waals surface area contributed by atoms with Crippen molar-refractivity contribution in [1.82, 2.24) is 9.78 Å². The minimum atomic E-state index is -0.600. The van der Waals surface area contributed by atoms with E-state index in [4.69, 9.17) is 10.5 Å². The molecule has 0 bridgehead atoms. The molecular formula is C17H24N4O3. The van der Waals surface area contributed by atoms with Crippen molar-refractivity contribution in [2.45, 2.75) is 26.7 Å². The lowest BCUT2D eigenvalue weighted by atomic mass is 10.2. The molecule has 3 N–H and O–H groups in total. The maximum Gasteiger partial charge on any atom is 0.269 e. The van der Waals surface area contributed by atoms with E-state index in [-0.39, 0.29) is 5.69 Å². The Labute approximate surface area is 141 Å². The number of aromatic nitrogens is 2. The molecule has 1 aromatic heterocycles. The highest BCUT2D eigenvalue weighted by Gasteiger charge is 2.18. The van der Waals surface area contributed by atoms with Crippen LogP contribution in [-0.2, 0) is 18.3 Å². The number of benzene rings is 1. The van der Waals surface area contributed by atoms with Crippen LogP contribution in [0.4, 0.5) is 5.69 Å². The van der Waals surface area contributed by atoms with E-state index in [2.05, 4.69) is 10.4 Å². The molecule has 7 nitrogen and oxygen atoms in total. The zero-order valence-electron chi connectivity index (χ0n) is 14.3. The van der Waals surface area contributed by atoms with Gasteiger partial charge in [0.2, 0.25) is 6.41 Å². The lowest BCUT2D eigenvalue weighted by Crippen LogP contribution is -2.17. The molecule has 0 saturated heterocycles.